The van der Waals surface area contributed by atoms with Crippen LogP contribution in [-0.2, 0) is 10.4 Å². The van der Waals surface area contributed by atoms with Crippen molar-refractivity contribution in [1.82, 2.24) is 9.80 Å². The molecule has 0 saturated carbocycles. The van der Waals surface area contributed by atoms with E-state index in [2.05, 4.69) is 17.9 Å². The van der Waals surface area contributed by atoms with Gasteiger partial charge in [-0.1, -0.05) is 0 Å². The Kier molecular flexibility index (Phi) is 5.15. The molecule has 8 heteroatoms. The minimum atomic E-state index is -4.92. The first-order valence-corrected chi connectivity index (χ1v) is 5.76. The van der Waals surface area contributed by atoms with E-state index < -0.39 is 10.4 Å². The van der Waals surface area contributed by atoms with Crippen LogP contribution in [0.2, 0.25) is 0 Å². The molecule has 15 heavy (non-hydrogen) atoms. The Labute approximate surface area is 96.2 Å². The predicted molar refractivity (Wildman–Crippen MR) is 60.2 cm³/mol. The number of rotatable bonds is 0. The lowest BCUT2D eigenvalue weighted by Gasteiger charge is -2.33. The van der Waals surface area contributed by atoms with E-state index in [1.165, 1.54) is 0 Å². The van der Waals surface area contributed by atoms with Gasteiger partial charge in [0.1, 0.15) is 0 Å². The zero-order valence-corrected chi connectivity index (χ0v) is 10.2. The maximum absolute atomic E-state index is 8.63. The number of hydrogen-bond acceptors (Lipinski definition) is 4. The molecule has 1 N–H and O–H groups in total. The summed E-state index contributed by atoms with van der Waals surface area (Å²) >= 11 is 5.13. The highest BCUT2D eigenvalue weighted by molar-refractivity contribution is 7.80. The van der Waals surface area contributed by atoms with Crippen molar-refractivity contribution >= 4 is 27.7 Å². The summed E-state index contributed by atoms with van der Waals surface area (Å²) in [4.78, 5) is 4.00. The average Bonchev–Trinajstić information content (AvgIpc) is 2.05. The maximum Gasteiger partial charge on any atom is 1.00 e. The van der Waals surface area contributed by atoms with Crippen LogP contribution < -0.4 is 0 Å². The first-order chi connectivity index (χ1) is 6.63. The molecular weight excluding hydrogens is 240 g/mol. The van der Waals surface area contributed by atoms with Gasteiger partial charge in [-0.2, -0.15) is 0 Å². The van der Waals surface area contributed by atoms with Crippen molar-refractivity contribution in [2.75, 3.05) is 14.1 Å². The van der Waals surface area contributed by atoms with E-state index in [0.717, 1.165) is 5.11 Å². The van der Waals surface area contributed by atoms with Crippen LogP contribution in [-0.4, -0.2) is 52.6 Å². The van der Waals surface area contributed by atoms with Crippen LogP contribution in [0.15, 0.2) is 12.3 Å². The van der Waals surface area contributed by atoms with Crippen molar-refractivity contribution < 1.29 is 18.9 Å². The molecule has 1 rings (SSSR count). The van der Waals surface area contributed by atoms with E-state index in [0.29, 0.717) is 6.04 Å². The zero-order chi connectivity index (χ0) is 12.2. The summed E-state index contributed by atoms with van der Waals surface area (Å²) in [5.74, 6) is 0. The molecule has 0 fully saturated rings. The van der Waals surface area contributed by atoms with Crippen molar-refractivity contribution in [3.05, 3.63) is 12.3 Å². The Hall–Kier alpha value is -0.700. The van der Waals surface area contributed by atoms with Gasteiger partial charge in [-0.25, -0.2) is 8.42 Å². The molecule has 0 aromatic carbocycles. The first kappa shape index (κ1) is 14.3. The van der Waals surface area contributed by atoms with Gasteiger partial charge < -0.3 is 14.4 Å². The third kappa shape index (κ3) is 6.39. The minimum Gasteiger partial charge on any atom is -0.726 e. The highest BCUT2D eigenvalue weighted by Crippen LogP contribution is 2.08. The fraction of sp³-hybridized carbons (Fsp3) is 0.571. The molecule has 1 atom stereocenters. The van der Waals surface area contributed by atoms with Gasteiger partial charge in [0.25, 0.3) is 0 Å². The van der Waals surface area contributed by atoms with Crippen molar-refractivity contribution in [2.45, 2.75) is 13.0 Å². The predicted octanol–water partition coefficient (Wildman–Crippen LogP) is 0.168. The highest BCUT2D eigenvalue weighted by atomic mass is 32.3. The second kappa shape index (κ2) is 5.40. The van der Waals surface area contributed by atoms with Crippen LogP contribution >= 0.6 is 12.2 Å². The lowest BCUT2D eigenvalue weighted by Crippen LogP contribution is -2.43. The molecule has 1 unspecified atom stereocenters. The monoisotopic (exact) mass is 254 g/mol. The number of likely N-dealkylation sites (N-methyl/N-ethyl adjacent to an activating group) is 1. The van der Waals surface area contributed by atoms with Crippen LogP contribution in [0, 0.1) is 0 Å². The highest BCUT2D eigenvalue weighted by Gasteiger charge is 2.16. The molecule has 88 valence electrons. The molecular formula is C7H14N2O4S2. The molecule has 0 aromatic rings. The van der Waals surface area contributed by atoms with E-state index in [1.807, 2.05) is 25.2 Å². The van der Waals surface area contributed by atoms with E-state index in [-0.39, 0.29) is 1.43 Å². The standard InChI is InChI=1S/C7H12N2S.H2O4S/c1-6-4-5-8(2)7(10)9(6)3;1-5(2,3)4/h4-6H,1-3H3;(H2,1,2,3,4). The summed E-state index contributed by atoms with van der Waals surface area (Å²) in [5, 5.41) is 0.884. The molecule has 1 aliphatic heterocycles. The molecule has 0 aliphatic carbocycles. The van der Waals surface area contributed by atoms with E-state index in [1.54, 1.807) is 0 Å². The Morgan fingerprint density at radius 1 is 1.60 bits per heavy atom. The number of thiocarbonyl (C=S) groups is 1. The zero-order valence-electron chi connectivity index (χ0n) is 9.61. The van der Waals surface area contributed by atoms with Crippen LogP contribution in [0.5, 0.6) is 0 Å². The largest absolute Gasteiger partial charge is 1.00 e. The van der Waals surface area contributed by atoms with Gasteiger partial charge in [-0.05, 0) is 25.2 Å². The summed E-state index contributed by atoms with van der Waals surface area (Å²) in [5.41, 5.74) is 0. The summed E-state index contributed by atoms with van der Waals surface area (Å²) < 4.78 is 32.8. The van der Waals surface area contributed by atoms with Gasteiger partial charge in [-0.15, -0.1) is 0 Å². The molecule has 6 nitrogen and oxygen atoms in total. The average molecular weight is 254 g/mol. The molecule has 0 spiro atoms. The van der Waals surface area contributed by atoms with E-state index >= 15 is 0 Å². The second-order valence-corrected chi connectivity index (χ2v) is 4.23. The Morgan fingerprint density at radius 2 is 2.00 bits per heavy atom. The molecule has 0 radical (unpaired) electrons. The van der Waals surface area contributed by atoms with Gasteiger partial charge in [0.05, 0.1) is 0 Å². The fourth-order valence-electron chi connectivity index (χ4n) is 0.870. The molecule has 0 bridgehead atoms. The van der Waals surface area contributed by atoms with Crippen molar-refractivity contribution in [3.8, 4) is 0 Å². The summed E-state index contributed by atoms with van der Waals surface area (Å²) in [6.07, 6.45) is 4.13. The minimum absolute atomic E-state index is 0. The lowest BCUT2D eigenvalue weighted by atomic mass is 10.3. The van der Waals surface area contributed by atoms with Crippen LogP contribution in [0.25, 0.3) is 0 Å². The van der Waals surface area contributed by atoms with Gasteiger partial charge in [0, 0.05) is 26.3 Å². The van der Waals surface area contributed by atoms with E-state index in [9.17, 15) is 0 Å². The van der Waals surface area contributed by atoms with Crippen LogP contribution in [0.1, 0.15) is 8.35 Å². The number of hydrogen-bond donors (Lipinski definition) is 1. The summed E-state index contributed by atoms with van der Waals surface area (Å²) in [6, 6.07) is 0.434. The van der Waals surface area contributed by atoms with Gasteiger partial charge in [-0.3, -0.25) is 4.55 Å². The smallest absolute Gasteiger partial charge is 0.726 e. The van der Waals surface area contributed by atoms with Crippen LogP contribution in [0.4, 0.5) is 0 Å². The van der Waals surface area contributed by atoms with Crippen molar-refractivity contribution in [1.29, 1.82) is 0 Å². The Balaban J connectivity index is 0. The third-order valence-electron chi connectivity index (χ3n) is 1.80. The van der Waals surface area contributed by atoms with E-state index in [4.69, 9.17) is 29.7 Å². The second-order valence-electron chi connectivity index (χ2n) is 3.01. The van der Waals surface area contributed by atoms with Crippen molar-refractivity contribution in [3.63, 3.8) is 0 Å². The lowest BCUT2D eigenvalue weighted by molar-refractivity contribution is 0.366. The Morgan fingerprint density at radius 3 is 2.33 bits per heavy atom. The quantitative estimate of drug-likeness (QED) is 0.374. The van der Waals surface area contributed by atoms with Crippen LogP contribution in [0.3, 0.4) is 0 Å². The molecule has 1 aliphatic rings. The molecule has 0 amide bonds. The third-order valence-corrected chi connectivity index (χ3v) is 2.38. The molecule has 0 saturated heterocycles. The maximum atomic E-state index is 8.63. The van der Waals surface area contributed by atoms with Gasteiger partial charge >= 0.3 is 1.43 Å². The normalized spacial score (nSPS) is 21.1. The fourth-order valence-corrected chi connectivity index (χ4v) is 1.10. The first-order valence-electron chi connectivity index (χ1n) is 3.99. The molecule has 1 heterocycles. The topological polar surface area (TPSA) is 83.9 Å². The Bertz CT molecular complexity index is 349. The summed E-state index contributed by atoms with van der Waals surface area (Å²) in [6.45, 7) is 2.12. The SMILES string of the molecule is CC1C=CN(C)C(=S)N1C.O=S(=O)([O-])O.[H+]. The molecule has 0 aromatic heterocycles. The van der Waals surface area contributed by atoms with Gasteiger partial charge in [0.15, 0.2) is 5.11 Å². The van der Waals surface area contributed by atoms with Gasteiger partial charge in [0.2, 0.25) is 10.4 Å². The number of nitrogens with zero attached hydrogens (tertiary/aromatic N) is 2. The summed E-state index contributed by atoms with van der Waals surface area (Å²) in [7, 11) is -0.950. The van der Waals surface area contributed by atoms with Crippen molar-refractivity contribution in [2.24, 2.45) is 0 Å².